The lowest BCUT2D eigenvalue weighted by Gasteiger charge is -1.97. The summed E-state index contributed by atoms with van der Waals surface area (Å²) < 4.78 is 9.45. The first-order valence-corrected chi connectivity index (χ1v) is 4.61. The minimum absolute atomic E-state index is 0.537. The van der Waals surface area contributed by atoms with Gasteiger partial charge in [0.25, 0.3) is 0 Å². The molecule has 6 heteroatoms. The summed E-state index contributed by atoms with van der Waals surface area (Å²) in [7, 11) is 0. The van der Waals surface area contributed by atoms with E-state index in [4.69, 9.17) is 19.7 Å². The molecule has 0 aromatic carbocycles. The van der Waals surface area contributed by atoms with Gasteiger partial charge in [0, 0.05) is 12.2 Å². The van der Waals surface area contributed by atoms with E-state index in [-0.39, 0.29) is 0 Å². The fraction of sp³-hybridized carbons (Fsp3) is 0.167. The van der Waals surface area contributed by atoms with Crippen LogP contribution in [0.3, 0.4) is 0 Å². The van der Waals surface area contributed by atoms with E-state index < -0.39 is 11.9 Å². The molecule has 0 aliphatic heterocycles. The van der Waals surface area contributed by atoms with Crippen molar-refractivity contribution in [2.24, 2.45) is 0 Å². The maximum absolute atomic E-state index is 9.25. The first-order chi connectivity index (χ1) is 8.45. The highest BCUT2D eigenvalue weighted by Gasteiger charge is 1.77. The molecule has 6 nitrogen and oxygen atoms in total. The van der Waals surface area contributed by atoms with Crippen LogP contribution in [0.2, 0.25) is 0 Å². The summed E-state index contributed by atoms with van der Waals surface area (Å²) in [6.07, 6.45) is 4.43. The largest absolute Gasteiger partial charge is 0.498 e. The quantitative estimate of drug-likeness (QED) is 0.411. The summed E-state index contributed by atoms with van der Waals surface area (Å²) in [4.78, 5) is 18.5. The van der Waals surface area contributed by atoms with Gasteiger partial charge >= 0.3 is 11.9 Å². The van der Waals surface area contributed by atoms with Crippen LogP contribution in [0.15, 0.2) is 51.0 Å². The van der Waals surface area contributed by atoms with Gasteiger partial charge in [-0.25, -0.2) is 9.59 Å². The SMILES string of the molecule is C=CC(=O)O.C=CC(=O)O.C=COCCOC=C. The number of aliphatic carboxylic acids is 2. The van der Waals surface area contributed by atoms with Crippen molar-refractivity contribution in [3.8, 4) is 0 Å². The summed E-state index contributed by atoms with van der Waals surface area (Å²) in [5.41, 5.74) is 0. The predicted molar refractivity (Wildman–Crippen MR) is 68.0 cm³/mol. The highest BCUT2D eigenvalue weighted by Crippen LogP contribution is 1.76. The molecule has 0 bridgehead atoms. The molecular weight excluding hydrogens is 240 g/mol. The van der Waals surface area contributed by atoms with Gasteiger partial charge in [-0.15, -0.1) is 0 Å². The van der Waals surface area contributed by atoms with Crippen LogP contribution in [0.1, 0.15) is 0 Å². The third-order valence-corrected chi connectivity index (χ3v) is 0.904. The molecule has 2 N–H and O–H groups in total. The van der Waals surface area contributed by atoms with Crippen molar-refractivity contribution in [2.75, 3.05) is 13.2 Å². The molecule has 0 amide bonds. The second-order valence-electron chi connectivity index (χ2n) is 2.16. The molecule has 0 aliphatic carbocycles. The molecule has 0 fully saturated rings. The Bertz CT molecular complexity index is 242. The third-order valence-electron chi connectivity index (χ3n) is 0.904. The predicted octanol–water partition coefficient (Wildman–Crippen LogP) is 1.82. The zero-order chi connectivity index (χ0) is 14.8. The fourth-order valence-electron chi connectivity index (χ4n) is 0.263. The molecule has 0 rings (SSSR count). The van der Waals surface area contributed by atoms with Crippen molar-refractivity contribution in [2.45, 2.75) is 0 Å². The van der Waals surface area contributed by atoms with Crippen molar-refractivity contribution in [1.29, 1.82) is 0 Å². The van der Waals surface area contributed by atoms with Gasteiger partial charge in [-0.2, -0.15) is 0 Å². The lowest BCUT2D eigenvalue weighted by atomic mass is 10.7. The molecule has 0 saturated carbocycles. The molecule has 0 atom stereocenters. The van der Waals surface area contributed by atoms with E-state index in [9.17, 15) is 9.59 Å². The number of ether oxygens (including phenoxy) is 2. The van der Waals surface area contributed by atoms with Crippen molar-refractivity contribution >= 4 is 11.9 Å². The molecule has 0 heterocycles. The Morgan fingerprint density at radius 3 is 1.17 bits per heavy atom. The van der Waals surface area contributed by atoms with Crippen molar-refractivity contribution < 1.29 is 29.3 Å². The number of carbonyl (C=O) groups is 2. The molecule has 0 radical (unpaired) electrons. The van der Waals surface area contributed by atoms with Crippen LogP contribution in [0.25, 0.3) is 0 Å². The Kier molecular flexibility index (Phi) is 23.2. The van der Waals surface area contributed by atoms with Gasteiger partial charge in [0.05, 0.1) is 12.5 Å². The minimum Gasteiger partial charge on any atom is -0.498 e. The summed E-state index contributed by atoms with van der Waals surface area (Å²) in [6.45, 7) is 13.7. The highest BCUT2D eigenvalue weighted by atomic mass is 16.5. The Morgan fingerprint density at radius 1 is 0.833 bits per heavy atom. The van der Waals surface area contributed by atoms with Crippen LogP contribution in [0, 0.1) is 0 Å². The second-order valence-corrected chi connectivity index (χ2v) is 2.16. The fourth-order valence-corrected chi connectivity index (χ4v) is 0.263. The summed E-state index contributed by atoms with van der Waals surface area (Å²) in [5.74, 6) is -1.96. The molecule has 0 unspecified atom stereocenters. The third kappa shape index (κ3) is 49.9. The zero-order valence-electron chi connectivity index (χ0n) is 10.1. The van der Waals surface area contributed by atoms with E-state index in [2.05, 4.69) is 26.3 Å². The molecule has 18 heavy (non-hydrogen) atoms. The van der Waals surface area contributed by atoms with Gasteiger partial charge < -0.3 is 19.7 Å². The summed E-state index contributed by atoms with van der Waals surface area (Å²) in [5, 5.41) is 15.2. The summed E-state index contributed by atoms with van der Waals surface area (Å²) in [6, 6.07) is 0. The smallest absolute Gasteiger partial charge is 0.327 e. The van der Waals surface area contributed by atoms with E-state index in [0.29, 0.717) is 13.2 Å². The lowest BCUT2D eigenvalue weighted by molar-refractivity contribution is -0.132. The van der Waals surface area contributed by atoms with Gasteiger partial charge in [-0.1, -0.05) is 26.3 Å². The van der Waals surface area contributed by atoms with Gasteiger partial charge in [0.15, 0.2) is 0 Å². The molecule has 0 aromatic rings. The second kappa shape index (κ2) is 20.0. The Morgan fingerprint density at radius 2 is 1.06 bits per heavy atom. The van der Waals surface area contributed by atoms with Crippen molar-refractivity contribution in [3.05, 3.63) is 51.0 Å². The van der Waals surface area contributed by atoms with Crippen LogP contribution in [0.4, 0.5) is 0 Å². The van der Waals surface area contributed by atoms with Crippen LogP contribution < -0.4 is 0 Å². The molecule has 102 valence electrons. The van der Waals surface area contributed by atoms with Crippen LogP contribution in [-0.2, 0) is 19.1 Å². The normalized spacial score (nSPS) is 6.89. The monoisotopic (exact) mass is 258 g/mol. The van der Waals surface area contributed by atoms with Crippen LogP contribution >= 0.6 is 0 Å². The number of hydrogen-bond acceptors (Lipinski definition) is 4. The van der Waals surface area contributed by atoms with Crippen LogP contribution in [-0.4, -0.2) is 35.4 Å². The van der Waals surface area contributed by atoms with E-state index in [1.54, 1.807) is 0 Å². The van der Waals surface area contributed by atoms with Crippen molar-refractivity contribution in [3.63, 3.8) is 0 Å². The molecule has 0 saturated heterocycles. The maximum atomic E-state index is 9.25. The first kappa shape index (κ1) is 20.9. The average Bonchev–Trinajstić information content (AvgIpc) is 2.36. The average molecular weight is 258 g/mol. The number of carboxylic acids is 2. The topological polar surface area (TPSA) is 93.1 Å². The number of carboxylic acid groups (broad SMARTS) is 2. The van der Waals surface area contributed by atoms with Gasteiger partial charge in [-0.3, -0.25) is 0 Å². The highest BCUT2D eigenvalue weighted by molar-refractivity contribution is 5.79. The molecule has 0 aliphatic rings. The van der Waals surface area contributed by atoms with Gasteiger partial charge in [0.1, 0.15) is 13.2 Å². The zero-order valence-corrected chi connectivity index (χ0v) is 10.1. The van der Waals surface area contributed by atoms with Gasteiger partial charge in [0.2, 0.25) is 0 Å². The first-order valence-electron chi connectivity index (χ1n) is 4.61. The Hall–Kier alpha value is -2.50. The van der Waals surface area contributed by atoms with E-state index >= 15 is 0 Å². The molecule has 0 spiro atoms. The Labute approximate surface area is 106 Å². The van der Waals surface area contributed by atoms with Gasteiger partial charge in [-0.05, 0) is 0 Å². The van der Waals surface area contributed by atoms with Crippen LogP contribution in [0.5, 0.6) is 0 Å². The minimum atomic E-state index is -0.981. The van der Waals surface area contributed by atoms with Crippen molar-refractivity contribution in [1.82, 2.24) is 0 Å². The number of hydrogen-bond donors (Lipinski definition) is 2. The standard InChI is InChI=1S/C6H10O2.2C3H4O2/c1-3-7-5-6-8-4-2;2*1-2-3(4)5/h3-4H,1-2,5-6H2;2*2H,1H2,(H,4,5). The molecular formula is C12H18O6. The molecule has 0 aromatic heterocycles. The van der Waals surface area contributed by atoms with E-state index in [1.807, 2.05) is 0 Å². The Balaban J connectivity index is -0.000000197. The number of rotatable bonds is 7. The lowest BCUT2D eigenvalue weighted by Crippen LogP contribution is -1.95. The van der Waals surface area contributed by atoms with E-state index in [0.717, 1.165) is 12.2 Å². The summed E-state index contributed by atoms with van der Waals surface area (Å²) >= 11 is 0. The maximum Gasteiger partial charge on any atom is 0.327 e. The van der Waals surface area contributed by atoms with E-state index in [1.165, 1.54) is 12.5 Å².